The van der Waals surface area contributed by atoms with Crippen molar-refractivity contribution in [3.63, 3.8) is 0 Å². The molecule has 8 heteroatoms. The Balaban J connectivity index is 1.95. The van der Waals surface area contributed by atoms with Gasteiger partial charge in [-0.1, -0.05) is 12.1 Å². The molecular weight excluding hydrogens is 390 g/mol. The highest BCUT2D eigenvalue weighted by atomic mass is 16.5. The fourth-order valence-electron chi connectivity index (χ4n) is 3.06. The van der Waals surface area contributed by atoms with Crippen LogP contribution in [0.4, 0.5) is 0 Å². The molecule has 0 aliphatic carbocycles. The molecule has 30 heavy (non-hydrogen) atoms. The monoisotopic (exact) mass is 419 g/mol. The molecule has 2 aromatic carbocycles. The lowest BCUT2D eigenvalue weighted by Crippen LogP contribution is -2.33. The third-order valence-corrected chi connectivity index (χ3v) is 4.46. The van der Waals surface area contributed by atoms with Gasteiger partial charge in [0.1, 0.15) is 12.7 Å². The zero-order valence-corrected chi connectivity index (χ0v) is 18.0. The Morgan fingerprint density at radius 2 is 1.73 bits per heavy atom. The van der Waals surface area contributed by atoms with Crippen molar-refractivity contribution in [2.45, 2.75) is 12.6 Å². The molecule has 2 aromatic rings. The first kappa shape index (κ1) is 23.3. The van der Waals surface area contributed by atoms with E-state index in [9.17, 15) is 9.90 Å². The molecule has 0 fully saturated rings. The molecule has 0 unspecified atom stereocenters. The molecule has 0 heterocycles. The zero-order valence-electron chi connectivity index (χ0n) is 18.0. The highest BCUT2D eigenvalue weighted by molar-refractivity contribution is 5.90. The number of esters is 1. The molecule has 0 saturated carbocycles. The van der Waals surface area contributed by atoms with Gasteiger partial charge >= 0.3 is 5.97 Å². The molecular formula is C22H29NO7. The third-order valence-electron chi connectivity index (χ3n) is 4.46. The number of carbonyl (C=O) groups excluding carboxylic acids is 1. The number of aliphatic hydroxyl groups is 1. The van der Waals surface area contributed by atoms with Crippen LogP contribution in [-0.2, 0) is 11.3 Å². The van der Waals surface area contributed by atoms with Crippen molar-refractivity contribution in [1.29, 1.82) is 0 Å². The van der Waals surface area contributed by atoms with E-state index in [-0.39, 0.29) is 6.61 Å². The van der Waals surface area contributed by atoms with E-state index in [0.717, 1.165) is 5.56 Å². The minimum Gasteiger partial charge on any atom is -0.493 e. The van der Waals surface area contributed by atoms with Gasteiger partial charge in [0.25, 0.3) is 0 Å². The molecule has 0 radical (unpaired) electrons. The Morgan fingerprint density at radius 3 is 2.37 bits per heavy atom. The van der Waals surface area contributed by atoms with Crippen molar-refractivity contribution in [3.8, 4) is 23.0 Å². The smallest absolute Gasteiger partial charge is 0.337 e. The topological polar surface area (TPSA) is 86.7 Å². The van der Waals surface area contributed by atoms with Crippen LogP contribution in [0, 0.1) is 0 Å². The molecule has 8 nitrogen and oxygen atoms in total. The normalized spacial score (nSPS) is 11.7. The second-order valence-electron chi connectivity index (χ2n) is 6.67. The predicted molar refractivity (Wildman–Crippen MR) is 112 cm³/mol. The first-order valence-corrected chi connectivity index (χ1v) is 9.39. The SMILES string of the molecule is COC(=O)c1ccc(OC[C@H](O)CN(C)Cc2cccc(OC)c2OC)c(OC)c1. The Kier molecular flexibility index (Phi) is 8.76. The number of nitrogens with zero attached hydrogens (tertiary/aromatic N) is 1. The van der Waals surface area contributed by atoms with E-state index in [0.29, 0.717) is 41.7 Å². The molecule has 2 rings (SSSR count). The lowest BCUT2D eigenvalue weighted by atomic mass is 10.1. The molecule has 0 bridgehead atoms. The molecule has 0 aliphatic rings. The van der Waals surface area contributed by atoms with Gasteiger partial charge in [0.05, 0.1) is 34.0 Å². The van der Waals surface area contributed by atoms with Crippen LogP contribution in [0.2, 0.25) is 0 Å². The summed E-state index contributed by atoms with van der Waals surface area (Å²) in [6.45, 7) is 1.00. The largest absolute Gasteiger partial charge is 0.493 e. The Hall–Kier alpha value is -2.97. The van der Waals surface area contributed by atoms with Crippen molar-refractivity contribution in [1.82, 2.24) is 4.90 Å². The summed E-state index contributed by atoms with van der Waals surface area (Å²) in [5, 5.41) is 10.4. The van der Waals surface area contributed by atoms with Crippen LogP contribution in [0.25, 0.3) is 0 Å². The standard InChI is InChI=1S/C22H29NO7/c1-23(12-16-7-6-8-19(26-2)21(16)28-4)13-17(24)14-30-18-10-9-15(22(25)29-5)11-20(18)27-3/h6-11,17,24H,12-14H2,1-5H3/t17-/m1/s1. The van der Waals surface area contributed by atoms with Crippen LogP contribution in [0.3, 0.4) is 0 Å². The molecule has 164 valence electrons. The molecule has 0 amide bonds. The quantitative estimate of drug-likeness (QED) is 0.556. The number of hydrogen-bond acceptors (Lipinski definition) is 8. The number of rotatable bonds is 11. The van der Waals surface area contributed by atoms with Gasteiger partial charge in [0, 0.05) is 18.7 Å². The fraction of sp³-hybridized carbons (Fsp3) is 0.409. The Bertz CT molecular complexity index is 840. The van der Waals surface area contributed by atoms with E-state index in [1.165, 1.54) is 20.3 Å². The van der Waals surface area contributed by atoms with Gasteiger partial charge in [0.15, 0.2) is 23.0 Å². The minimum absolute atomic E-state index is 0.0630. The van der Waals surface area contributed by atoms with Crippen LogP contribution in [-0.4, -0.2) is 70.7 Å². The van der Waals surface area contributed by atoms with Gasteiger partial charge in [-0.25, -0.2) is 4.79 Å². The van der Waals surface area contributed by atoms with Crippen LogP contribution in [0.15, 0.2) is 36.4 Å². The lowest BCUT2D eigenvalue weighted by molar-refractivity contribution is 0.0599. The summed E-state index contributed by atoms with van der Waals surface area (Å²) in [5.41, 5.74) is 1.31. The van der Waals surface area contributed by atoms with E-state index in [2.05, 4.69) is 0 Å². The van der Waals surface area contributed by atoms with Crippen LogP contribution in [0.1, 0.15) is 15.9 Å². The van der Waals surface area contributed by atoms with E-state index < -0.39 is 12.1 Å². The molecule has 1 atom stereocenters. The molecule has 0 spiro atoms. The zero-order chi connectivity index (χ0) is 22.1. The van der Waals surface area contributed by atoms with Gasteiger partial charge in [-0.3, -0.25) is 4.90 Å². The number of aliphatic hydroxyl groups excluding tert-OH is 1. The molecule has 0 aliphatic heterocycles. The number of ether oxygens (including phenoxy) is 5. The molecule has 0 saturated heterocycles. The first-order chi connectivity index (χ1) is 14.4. The third kappa shape index (κ3) is 6.01. The number of hydrogen-bond donors (Lipinski definition) is 1. The first-order valence-electron chi connectivity index (χ1n) is 9.39. The summed E-state index contributed by atoms with van der Waals surface area (Å²) < 4.78 is 26.4. The summed E-state index contributed by atoms with van der Waals surface area (Å²) in [6.07, 6.45) is -0.739. The summed E-state index contributed by atoms with van der Waals surface area (Å²) >= 11 is 0. The number of para-hydroxylation sites is 1. The Labute approximate surface area is 176 Å². The lowest BCUT2D eigenvalue weighted by Gasteiger charge is -2.22. The summed E-state index contributed by atoms with van der Waals surface area (Å²) in [7, 11) is 7.89. The van der Waals surface area contributed by atoms with E-state index >= 15 is 0 Å². The second-order valence-corrected chi connectivity index (χ2v) is 6.67. The van der Waals surface area contributed by atoms with Crippen LogP contribution < -0.4 is 18.9 Å². The molecule has 1 N–H and O–H groups in total. The average molecular weight is 419 g/mol. The van der Waals surface area contributed by atoms with Gasteiger partial charge in [-0.15, -0.1) is 0 Å². The van der Waals surface area contributed by atoms with Crippen molar-refractivity contribution in [3.05, 3.63) is 47.5 Å². The molecule has 0 aromatic heterocycles. The predicted octanol–water partition coefficient (Wildman–Crippen LogP) is 2.37. The van der Waals surface area contributed by atoms with E-state index in [1.54, 1.807) is 26.4 Å². The summed E-state index contributed by atoms with van der Waals surface area (Å²) in [6, 6.07) is 10.4. The number of benzene rings is 2. The summed E-state index contributed by atoms with van der Waals surface area (Å²) in [4.78, 5) is 13.6. The number of carbonyl (C=O) groups is 1. The number of likely N-dealkylation sites (N-methyl/N-ethyl adjacent to an activating group) is 1. The highest BCUT2D eigenvalue weighted by Gasteiger charge is 2.16. The van der Waals surface area contributed by atoms with Crippen molar-refractivity contribution in [2.24, 2.45) is 0 Å². The average Bonchev–Trinajstić information content (AvgIpc) is 2.76. The summed E-state index contributed by atoms with van der Waals surface area (Å²) in [5.74, 6) is 1.69. The fourth-order valence-corrected chi connectivity index (χ4v) is 3.06. The van der Waals surface area contributed by atoms with Gasteiger partial charge in [-0.05, 0) is 31.3 Å². The maximum atomic E-state index is 11.6. The highest BCUT2D eigenvalue weighted by Crippen LogP contribution is 2.31. The Morgan fingerprint density at radius 1 is 1.00 bits per heavy atom. The second kappa shape index (κ2) is 11.3. The minimum atomic E-state index is -0.739. The van der Waals surface area contributed by atoms with Crippen molar-refractivity contribution < 1.29 is 33.6 Å². The van der Waals surface area contributed by atoms with E-state index in [4.69, 9.17) is 23.7 Å². The maximum Gasteiger partial charge on any atom is 0.337 e. The van der Waals surface area contributed by atoms with Gasteiger partial charge in [0.2, 0.25) is 0 Å². The van der Waals surface area contributed by atoms with Crippen molar-refractivity contribution >= 4 is 5.97 Å². The van der Waals surface area contributed by atoms with Gasteiger partial charge in [-0.2, -0.15) is 0 Å². The van der Waals surface area contributed by atoms with Gasteiger partial charge < -0.3 is 28.8 Å². The maximum absolute atomic E-state index is 11.6. The van der Waals surface area contributed by atoms with Crippen molar-refractivity contribution in [2.75, 3.05) is 48.6 Å². The van der Waals surface area contributed by atoms with Crippen LogP contribution in [0.5, 0.6) is 23.0 Å². The van der Waals surface area contributed by atoms with E-state index in [1.807, 2.05) is 30.1 Å². The van der Waals surface area contributed by atoms with Crippen LogP contribution >= 0.6 is 0 Å². The number of methoxy groups -OCH3 is 4.